The Morgan fingerprint density at radius 2 is 1.13 bits per heavy atom. The Balaban J connectivity index is 0.000000168. The summed E-state index contributed by atoms with van der Waals surface area (Å²) < 4.78 is 47.9. The summed E-state index contributed by atoms with van der Waals surface area (Å²) in [4.78, 5) is 36.8. The molecule has 0 radical (unpaired) electrons. The van der Waals surface area contributed by atoms with Crippen molar-refractivity contribution in [2.75, 3.05) is 43.4 Å². The van der Waals surface area contributed by atoms with Crippen molar-refractivity contribution in [3.8, 4) is 28.7 Å². The zero-order chi connectivity index (χ0) is 54.8. The Morgan fingerprint density at radius 1 is 0.571 bits per heavy atom. The summed E-state index contributed by atoms with van der Waals surface area (Å²) in [6, 6.07) is 34.0. The van der Waals surface area contributed by atoms with E-state index in [1.807, 2.05) is 81.6 Å². The molecule has 3 aromatic heterocycles. The molecule has 0 aliphatic rings. The highest BCUT2D eigenvalue weighted by Gasteiger charge is 2.16. The molecule has 0 spiro atoms. The van der Waals surface area contributed by atoms with E-state index in [9.17, 15) is 14.4 Å². The van der Waals surface area contributed by atoms with Gasteiger partial charge in [-0.25, -0.2) is 0 Å². The number of methoxy groups -OCH3 is 2. The van der Waals surface area contributed by atoms with E-state index in [0.717, 1.165) is 84.9 Å². The minimum absolute atomic E-state index is 0.0978. The Bertz CT molecular complexity index is 3510. The molecule has 6 aromatic carbocycles. The summed E-state index contributed by atoms with van der Waals surface area (Å²) >= 11 is 19.3. The third kappa shape index (κ3) is 16.2. The number of amides is 3. The smallest absolute Gasteiger partial charge is 0.264 e. The SMILES string of the molecule is CCOc1ccc(C(=O)NC(=S)Nc2cccc3nsnc23)cc1.COc1cc(OC)cc(C(=O)NC(=S)Nc2cccc3csnc23)c1.Cc1ccc2nsnc2c1NC(=S)NC(=O)COc1ccc(OC(C)C)cc1. The van der Waals surface area contributed by atoms with E-state index < -0.39 is 0 Å². The summed E-state index contributed by atoms with van der Waals surface area (Å²) in [7, 11) is 3.05. The number of aryl methyl sites for hydroxylation is 1. The largest absolute Gasteiger partial charge is 0.497 e. The van der Waals surface area contributed by atoms with E-state index in [2.05, 4.69) is 53.8 Å². The first-order valence-electron chi connectivity index (χ1n) is 23.2. The first kappa shape index (κ1) is 56.7. The van der Waals surface area contributed by atoms with Crippen molar-refractivity contribution in [3.05, 3.63) is 137 Å². The summed E-state index contributed by atoms with van der Waals surface area (Å²) in [5, 5.41) is 20.5. The molecule has 396 valence electrons. The van der Waals surface area contributed by atoms with Crippen LogP contribution in [0.1, 0.15) is 47.1 Å². The highest BCUT2D eigenvalue weighted by molar-refractivity contribution is 7.81. The van der Waals surface area contributed by atoms with Crippen LogP contribution in [0, 0.1) is 6.92 Å². The van der Waals surface area contributed by atoms with Gasteiger partial charge in [-0.05, 0) is 166 Å². The number of thiocarbonyl (C=S) groups is 3. The molecule has 6 N–H and O–H groups in total. The van der Waals surface area contributed by atoms with E-state index in [-0.39, 0.29) is 45.8 Å². The molecule has 3 amide bonds. The number of nitrogens with one attached hydrogen (secondary N) is 6. The summed E-state index contributed by atoms with van der Waals surface area (Å²) in [5.41, 5.74) is 7.84. The molecule has 25 heteroatoms. The van der Waals surface area contributed by atoms with Gasteiger partial charge < -0.3 is 39.6 Å². The lowest BCUT2D eigenvalue weighted by Crippen LogP contribution is -2.37. The molecule has 0 saturated carbocycles. The molecule has 0 bridgehead atoms. The van der Waals surface area contributed by atoms with E-state index in [0.29, 0.717) is 40.7 Å². The third-order valence-electron chi connectivity index (χ3n) is 10.4. The van der Waals surface area contributed by atoms with E-state index in [4.69, 9.17) is 60.3 Å². The van der Waals surface area contributed by atoms with Crippen LogP contribution in [0.3, 0.4) is 0 Å². The van der Waals surface area contributed by atoms with Crippen LogP contribution in [-0.4, -0.2) is 88.5 Å². The fourth-order valence-electron chi connectivity index (χ4n) is 6.82. The van der Waals surface area contributed by atoms with Gasteiger partial charge in [0.25, 0.3) is 17.7 Å². The van der Waals surface area contributed by atoms with Crippen LogP contribution in [0.25, 0.3) is 33.0 Å². The number of benzene rings is 6. The van der Waals surface area contributed by atoms with Gasteiger partial charge in [-0.2, -0.15) is 21.9 Å². The lowest BCUT2D eigenvalue weighted by molar-refractivity contribution is -0.121. The number of hydrogen-bond donors (Lipinski definition) is 6. The number of carbonyl (C=O) groups is 3. The summed E-state index contributed by atoms with van der Waals surface area (Å²) in [5.74, 6) is 2.07. The first-order chi connectivity index (χ1) is 37.2. The minimum atomic E-state index is -0.361. The summed E-state index contributed by atoms with van der Waals surface area (Å²) in [6.07, 6.45) is 0.0978. The molecule has 9 rings (SSSR count). The third-order valence-corrected chi connectivity index (χ3v) is 12.7. The number of nitrogens with zero attached hydrogens (tertiary/aromatic N) is 5. The van der Waals surface area contributed by atoms with Crippen LogP contribution in [-0.2, 0) is 4.79 Å². The van der Waals surface area contributed by atoms with Gasteiger partial charge in [-0.3, -0.25) is 30.3 Å². The number of fused-ring (bicyclic) bond motifs is 3. The van der Waals surface area contributed by atoms with Crippen molar-refractivity contribution >= 4 is 155 Å². The molecular formula is C52H49N11O8S6. The second-order valence-corrected chi connectivity index (χ2v) is 19.1. The fraction of sp³-hybridized carbons (Fsp3) is 0.173. The van der Waals surface area contributed by atoms with Gasteiger partial charge in [0.15, 0.2) is 21.9 Å². The van der Waals surface area contributed by atoms with Crippen molar-refractivity contribution in [3.63, 3.8) is 0 Å². The van der Waals surface area contributed by atoms with Gasteiger partial charge >= 0.3 is 0 Å². The molecule has 0 unspecified atom stereocenters. The predicted octanol–water partition coefficient (Wildman–Crippen LogP) is 10.3. The lowest BCUT2D eigenvalue weighted by Gasteiger charge is -2.13. The van der Waals surface area contributed by atoms with Crippen molar-refractivity contribution < 1.29 is 38.1 Å². The van der Waals surface area contributed by atoms with Gasteiger partial charge in [0.1, 0.15) is 56.3 Å². The first-order valence-corrected chi connectivity index (χ1v) is 26.7. The van der Waals surface area contributed by atoms with Gasteiger partial charge in [-0.1, -0.05) is 24.3 Å². The average Bonchev–Trinajstić information content (AvgIpc) is 4.24. The molecule has 77 heavy (non-hydrogen) atoms. The lowest BCUT2D eigenvalue weighted by atomic mass is 10.1. The van der Waals surface area contributed by atoms with Gasteiger partial charge in [0, 0.05) is 28.0 Å². The predicted molar refractivity (Wildman–Crippen MR) is 316 cm³/mol. The normalized spacial score (nSPS) is 10.5. The van der Waals surface area contributed by atoms with E-state index in [1.165, 1.54) is 25.8 Å². The Hall–Kier alpha value is -8.07. The molecule has 0 saturated heterocycles. The quantitative estimate of drug-likeness (QED) is 0.0556. The monoisotopic (exact) mass is 1150 g/mol. The highest BCUT2D eigenvalue weighted by Crippen LogP contribution is 2.27. The maximum atomic E-state index is 12.4. The molecule has 9 aromatic rings. The Kier molecular flexibility index (Phi) is 20.3. The Morgan fingerprint density at radius 3 is 1.77 bits per heavy atom. The van der Waals surface area contributed by atoms with Gasteiger partial charge in [0.2, 0.25) is 0 Å². The zero-order valence-corrected chi connectivity index (χ0v) is 46.9. The van der Waals surface area contributed by atoms with Crippen molar-refractivity contribution in [1.82, 2.24) is 37.8 Å². The number of hydrogen-bond acceptors (Lipinski definition) is 19. The second kappa shape index (κ2) is 27.6. The minimum Gasteiger partial charge on any atom is -0.497 e. The average molecular weight is 1150 g/mol. The van der Waals surface area contributed by atoms with Crippen LogP contribution in [0.4, 0.5) is 17.1 Å². The van der Waals surface area contributed by atoms with E-state index in [1.54, 1.807) is 66.7 Å². The topological polar surface area (TPSA) is 234 Å². The van der Waals surface area contributed by atoms with Gasteiger partial charge in [-0.15, -0.1) is 0 Å². The van der Waals surface area contributed by atoms with Crippen molar-refractivity contribution in [2.24, 2.45) is 0 Å². The number of aromatic nitrogens is 5. The molecule has 0 aliphatic heterocycles. The van der Waals surface area contributed by atoms with Crippen LogP contribution in [0.2, 0.25) is 0 Å². The number of ether oxygens (including phenoxy) is 5. The molecule has 19 nitrogen and oxygen atoms in total. The van der Waals surface area contributed by atoms with E-state index >= 15 is 0 Å². The van der Waals surface area contributed by atoms with Crippen LogP contribution >= 0.6 is 71.6 Å². The highest BCUT2D eigenvalue weighted by atomic mass is 32.1. The number of anilines is 3. The maximum Gasteiger partial charge on any atom is 0.264 e. The second-order valence-electron chi connectivity index (χ2n) is 16.2. The van der Waals surface area contributed by atoms with Gasteiger partial charge in [0.05, 0.1) is 67.4 Å². The molecule has 3 heterocycles. The molecule has 0 aliphatic carbocycles. The van der Waals surface area contributed by atoms with Crippen molar-refractivity contribution in [2.45, 2.75) is 33.8 Å². The fourth-order valence-corrected chi connectivity index (χ4v) is 9.20. The van der Waals surface area contributed by atoms with Crippen LogP contribution in [0.15, 0.2) is 121 Å². The molecule has 0 atom stereocenters. The maximum absolute atomic E-state index is 12.4. The standard InChI is InChI=1S/C19H20N4O3S2.C17H15N3O3S2.C16H14N4O2S2/c1-11(2)26-14-7-5-13(6-8-14)25-10-16(24)20-19(27)21-17-12(3)4-9-15-18(17)23-28-22-15;1-22-12-6-11(7-13(8-12)23-2)16(21)19-17(24)18-14-5-3-4-10-9-25-20-15(10)14;1-2-22-11-8-6-10(7-9-11)15(21)18-16(23)17-12-4-3-5-13-14(12)20-24-19-13/h4-9,11H,10H2,1-3H3,(H2,20,21,24,27);3-9H,1-2H3,(H2,18,19,21,24);3-9H,2H2,1H3,(H2,17,18,21,23). The number of rotatable bonds is 14. The van der Waals surface area contributed by atoms with Crippen molar-refractivity contribution in [1.29, 1.82) is 0 Å². The molecular weight excluding hydrogens is 1100 g/mol. The molecule has 0 fully saturated rings. The van der Waals surface area contributed by atoms with Crippen LogP contribution in [0.5, 0.6) is 28.7 Å². The number of carbonyl (C=O) groups excluding carboxylic acids is 3. The van der Waals surface area contributed by atoms with Crippen LogP contribution < -0.4 is 55.6 Å². The zero-order valence-electron chi connectivity index (χ0n) is 42.0. The summed E-state index contributed by atoms with van der Waals surface area (Å²) in [6.45, 7) is 8.17. The Labute approximate surface area is 470 Å².